The molecule has 0 radical (unpaired) electrons. The molecule has 1 aliphatic heterocycles. The van der Waals surface area contributed by atoms with E-state index in [1.165, 1.54) is 0 Å². The fourth-order valence-corrected chi connectivity index (χ4v) is 4.33. The molecule has 25 heavy (non-hydrogen) atoms. The molecule has 0 saturated carbocycles. The van der Waals surface area contributed by atoms with Gasteiger partial charge >= 0.3 is 5.97 Å². The van der Waals surface area contributed by atoms with Gasteiger partial charge in [-0.2, -0.15) is 0 Å². The SMILES string of the molecule is CCOC(=O)CN(CC(=O)N1CCS[C@H]1c1ccccc1Cl)C(C)C. The van der Waals surface area contributed by atoms with E-state index in [0.717, 1.165) is 11.3 Å². The van der Waals surface area contributed by atoms with Crippen molar-refractivity contribution < 1.29 is 14.3 Å². The predicted molar refractivity (Wildman–Crippen MR) is 102 cm³/mol. The Morgan fingerprint density at radius 2 is 2.08 bits per heavy atom. The number of ether oxygens (including phenoxy) is 1. The van der Waals surface area contributed by atoms with Gasteiger partial charge in [0.1, 0.15) is 5.37 Å². The quantitative estimate of drug-likeness (QED) is 0.676. The Bertz CT molecular complexity index is 612. The van der Waals surface area contributed by atoms with Gasteiger partial charge in [0.05, 0.1) is 19.7 Å². The van der Waals surface area contributed by atoms with E-state index in [4.69, 9.17) is 16.3 Å². The van der Waals surface area contributed by atoms with E-state index in [9.17, 15) is 9.59 Å². The van der Waals surface area contributed by atoms with Gasteiger partial charge in [-0.15, -0.1) is 11.8 Å². The zero-order valence-corrected chi connectivity index (χ0v) is 16.5. The zero-order chi connectivity index (χ0) is 18.4. The third-order valence-corrected chi connectivity index (χ3v) is 5.68. The van der Waals surface area contributed by atoms with E-state index in [1.54, 1.807) is 18.7 Å². The molecule has 2 rings (SSSR count). The highest BCUT2D eigenvalue weighted by Crippen LogP contribution is 2.40. The summed E-state index contributed by atoms with van der Waals surface area (Å²) in [5.74, 6) is 0.580. The van der Waals surface area contributed by atoms with Gasteiger partial charge in [0, 0.05) is 28.9 Å². The molecule has 1 aliphatic rings. The minimum atomic E-state index is -0.303. The third-order valence-electron chi connectivity index (χ3n) is 4.09. The molecule has 1 saturated heterocycles. The number of benzene rings is 1. The Morgan fingerprint density at radius 3 is 2.72 bits per heavy atom. The molecular weight excluding hydrogens is 360 g/mol. The minimum Gasteiger partial charge on any atom is -0.465 e. The van der Waals surface area contributed by atoms with Crippen molar-refractivity contribution in [1.29, 1.82) is 0 Å². The molecule has 1 atom stereocenters. The van der Waals surface area contributed by atoms with Crippen LogP contribution in [0.1, 0.15) is 31.7 Å². The summed E-state index contributed by atoms with van der Waals surface area (Å²) >= 11 is 8.03. The number of halogens is 1. The Kier molecular flexibility index (Phi) is 7.59. The summed E-state index contributed by atoms with van der Waals surface area (Å²) in [5, 5.41) is 0.602. The smallest absolute Gasteiger partial charge is 0.320 e. The largest absolute Gasteiger partial charge is 0.465 e. The van der Waals surface area contributed by atoms with Crippen LogP contribution in [0, 0.1) is 0 Å². The maximum absolute atomic E-state index is 12.9. The summed E-state index contributed by atoms with van der Waals surface area (Å²) in [6.45, 7) is 7.06. The van der Waals surface area contributed by atoms with Gasteiger partial charge in [-0.1, -0.05) is 29.8 Å². The number of hydrogen-bond donors (Lipinski definition) is 0. The number of carbonyl (C=O) groups excluding carboxylic acids is 2. The second kappa shape index (κ2) is 9.46. The Morgan fingerprint density at radius 1 is 1.36 bits per heavy atom. The summed E-state index contributed by atoms with van der Waals surface area (Å²) < 4.78 is 5.01. The normalized spacial score (nSPS) is 17.4. The van der Waals surface area contributed by atoms with Crippen LogP contribution in [0.5, 0.6) is 0 Å². The van der Waals surface area contributed by atoms with Gasteiger partial charge < -0.3 is 9.64 Å². The van der Waals surface area contributed by atoms with E-state index >= 15 is 0 Å². The van der Waals surface area contributed by atoms with Gasteiger partial charge in [-0.05, 0) is 26.8 Å². The number of hydrogen-bond acceptors (Lipinski definition) is 5. The molecule has 7 heteroatoms. The Hall–Kier alpha value is -1.24. The standard InChI is InChI=1S/C18H25ClN2O3S/c1-4-24-17(23)12-20(13(2)3)11-16(22)21-9-10-25-18(21)14-7-5-6-8-15(14)19/h5-8,13,18H,4,9-12H2,1-3H3/t18-/m0/s1. The van der Waals surface area contributed by atoms with Crippen LogP contribution in [0.15, 0.2) is 24.3 Å². The second-order valence-electron chi connectivity index (χ2n) is 6.14. The second-order valence-corrected chi connectivity index (χ2v) is 7.73. The maximum Gasteiger partial charge on any atom is 0.320 e. The number of thioether (sulfide) groups is 1. The van der Waals surface area contributed by atoms with Crippen molar-refractivity contribution in [3.8, 4) is 0 Å². The number of amides is 1. The molecule has 1 fully saturated rings. The van der Waals surface area contributed by atoms with Crippen LogP contribution in [0.3, 0.4) is 0 Å². The number of nitrogens with zero attached hydrogens (tertiary/aromatic N) is 2. The van der Waals surface area contributed by atoms with Crippen molar-refractivity contribution in [2.24, 2.45) is 0 Å². The first-order chi connectivity index (χ1) is 11.9. The van der Waals surface area contributed by atoms with Gasteiger partial charge in [0.25, 0.3) is 0 Å². The van der Waals surface area contributed by atoms with Crippen molar-refractivity contribution in [2.75, 3.05) is 32.0 Å². The summed E-state index contributed by atoms with van der Waals surface area (Å²) in [5.41, 5.74) is 0.960. The minimum absolute atomic E-state index is 0.00733. The molecule has 0 bridgehead atoms. The van der Waals surface area contributed by atoms with Crippen molar-refractivity contribution in [2.45, 2.75) is 32.2 Å². The number of esters is 1. The van der Waals surface area contributed by atoms with E-state index in [-0.39, 0.29) is 36.4 Å². The highest BCUT2D eigenvalue weighted by atomic mass is 35.5. The van der Waals surface area contributed by atoms with Crippen LogP contribution in [-0.2, 0) is 14.3 Å². The fourth-order valence-electron chi connectivity index (χ4n) is 2.72. The van der Waals surface area contributed by atoms with Crippen LogP contribution in [-0.4, -0.2) is 59.7 Å². The van der Waals surface area contributed by atoms with Gasteiger partial charge in [-0.25, -0.2) is 0 Å². The molecule has 1 heterocycles. The summed E-state index contributed by atoms with van der Waals surface area (Å²) in [4.78, 5) is 28.3. The average molecular weight is 385 g/mol. The van der Waals surface area contributed by atoms with Crippen molar-refractivity contribution >= 4 is 35.2 Å². The van der Waals surface area contributed by atoms with Crippen molar-refractivity contribution in [3.63, 3.8) is 0 Å². The van der Waals surface area contributed by atoms with Gasteiger partial charge in [0.15, 0.2) is 0 Å². The molecule has 138 valence electrons. The number of rotatable bonds is 7. The molecular formula is C18H25ClN2O3S. The lowest BCUT2D eigenvalue weighted by Gasteiger charge is -2.30. The predicted octanol–water partition coefficient (Wildman–Crippen LogP) is 3.19. The summed E-state index contributed by atoms with van der Waals surface area (Å²) in [6.07, 6.45) is 0. The van der Waals surface area contributed by atoms with Gasteiger partial charge in [-0.3, -0.25) is 14.5 Å². The van der Waals surface area contributed by atoms with E-state index in [1.807, 2.05) is 47.9 Å². The van der Waals surface area contributed by atoms with Crippen LogP contribution >= 0.6 is 23.4 Å². The van der Waals surface area contributed by atoms with E-state index in [0.29, 0.717) is 18.2 Å². The van der Waals surface area contributed by atoms with E-state index < -0.39 is 0 Å². The molecule has 0 N–H and O–H groups in total. The molecule has 0 unspecified atom stereocenters. The average Bonchev–Trinajstić information content (AvgIpc) is 3.04. The third kappa shape index (κ3) is 5.36. The van der Waals surface area contributed by atoms with Crippen molar-refractivity contribution in [1.82, 2.24) is 9.80 Å². The van der Waals surface area contributed by atoms with Gasteiger partial charge in [0.2, 0.25) is 5.91 Å². The van der Waals surface area contributed by atoms with Crippen LogP contribution in [0.4, 0.5) is 0 Å². The molecule has 0 aliphatic carbocycles. The molecule has 1 aromatic rings. The van der Waals surface area contributed by atoms with Crippen LogP contribution < -0.4 is 0 Å². The monoisotopic (exact) mass is 384 g/mol. The maximum atomic E-state index is 12.9. The lowest BCUT2D eigenvalue weighted by molar-refractivity contribution is -0.145. The molecule has 0 spiro atoms. The van der Waals surface area contributed by atoms with Crippen LogP contribution in [0.25, 0.3) is 0 Å². The fraction of sp³-hybridized carbons (Fsp3) is 0.556. The first-order valence-corrected chi connectivity index (χ1v) is 9.91. The lowest BCUT2D eigenvalue weighted by Crippen LogP contribution is -2.45. The number of carbonyl (C=O) groups is 2. The van der Waals surface area contributed by atoms with E-state index in [2.05, 4.69) is 0 Å². The Labute approximate surface area is 158 Å². The first kappa shape index (κ1) is 20.1. The highest BCUT2D eigenvalue weighted by molar-refractivity contribution is 7.99. The lowest BCUT2D eigenvalue weighted by atomic mass is 10.2. The zero-order valence-electron chi connectivity index (χ0n) is 14.9. The topological polar surface area (TPSA) is 49.9 Å². The molecule has 0 aromatic heterocycles. The summed E-state index contributed by atoms with van der Waals surface area (Å²) in [7, 11) is 0. The van der Waals surface area contributed by atoms with Crippen molar-refractivity contribution in [3.05, 3.63) is 34.9 Å². The molecule has 1 aromatic carbocycles. The molecule has 1 amide bonds. The van der Waals surface area contributed by atoms with Crippen LogP contribution in [0.2, 0.25) is 5.02 Å². The Balaban J connectivity index is 2.07. The summed E-state index contributed by atoms with van der Waals surface area (Å²) in [6, 6.07) is 7.70. The molecule has 5 nitrogen and oxygen atoms in total. The highest BCUT2D eigenvalue weighted by Gasteiger charge is 2.33. The first-order valence-electron chi connectivity index (χ1n) is 8.49.